The Hall–Kier alpha value is -1.72. The highest BCUT2D eigenvalue weighted by Crippen LogP contribution is 2.33. The van der Waals surface area contributed by atoms with Gasteiger partial charge in [-0.1, -0.05) is 30.4 Å². The van der Waals surface area contributed by atoms with Gasteiger partial charge >= 0.3 is 0 Å². The van der Waals surface area contributed by atoms with Gasteiger partial charge in [-0.2, -0.15) is 0 Å². The molecule has 3 rings (SSSR count). The van der Waals surface area contributed by atoms with Gasteiger partial charge in [0.15, 0.2) is 0 Å². The first-order valence-corrected chi connectivity index (χ1v) is 7.63. The lowest BCUT2D eigenvalue weighted by atomic mass is 10.1. The fourth-order valence-corrected chi connectivity index (χ4v) is 3.39. The number of nitrogens with one attached hydrogen (secondary N) is 1. The summed E-state index contributed by atoms with van der Waals surface area (Å²) in [5.41, 5.74) is 2.07. The quantitative estimate of drug-likeness (QED) is 0.881. The van der Waals surface area contributed by atoms with Crippen molar-refractivity contribution in [2.75, 3.05) is 23.8 Å². The van der Waals surface area contributed by atoms with Gasteiger partial charge in [0.05, 0.1) is 6.61 Å². The predicted molar refractivity (Wildman–Crippen MR) is 81.4 cm³/mol. The highest BCUT2D eigenvalue weighted by Gasteiger charge is 2.36. The van der Waals surface area contributed by atoms with Crippen LogP contribution in [0.25, 0.3) is 0 Å². The highest BCUT2D eigenvalue weighted by atomic mass is 32.2. The number of carbonyl (C=O) groups is 1. The Morgan fingerprint density at radius 2 is 2.15 bits per heavy atom. The van der Waals surface area contributed by atoms with Crippen LogP contribution < -0.4 is 10.2 Å². The van der Waals surface area contributed by atoms with Crippen molar-refractivity contribution < 1.29 is 9.90 Å². The molecule has 2 heterocycles. The number of benzene rings is 1. The van der Waals surface area contributed by atoms with Crippen molar-refractivity contribution in [1.29, 1.82) is 0 Å². The van der Waals surface area contributed by atoms with Crippen LogP contribution in [0.1, 0.15) is 0 Å². The molecule has 1 aromatic carbocycles. The molecular weight excluding hydrogens is 272 g/mol. The number of aliphatic hydroxyl groups excluding tert-OH is 1. The first-order valence-electron chi connectivity index (χ1n) is 6.58. The molecule has 0 spiro atoms. The summed E-state index contributed by atoms with van der Waals surface area (Å²) >= 11 is 1.48. The van der Waals surface area contributed by atoms with E-state index in [0.717, 1.165) is 23.6 Å². The topological polar surface area (TPSA) is 52.6 Å². The minimum atomic E-state index is -0.222. The number of hydrogen-bond donors (Lipinski definition) is 2. The molecule has 20 heavy (non-hydrogen) atoms. The van der Waals surface area contributed by atoms with Gasteiger partial charge in [-0.05, 0) is 12.1 Å². The second kappa shape index (κ2) is 5.73. The number of rotatable bonds is 4. The first-order chi connectivity index (χ1) is 9.81. The van der Waals surface area contributed by atoms with Crippen LogP contribution in [-0.4, -0.2) is 35.2 Å². The minimum absolute atomic E-state index is 0.000862. The van der Waals surface area contributed by atoms with E-state index >= 15 is 0 Å². The van der Waals surface area contributed by atoms with Crippen molar-refractivity contribution in [3.8, 4) is 0 Å². The van der Waals surface area contributed by atoms with Crippen LogP contribution in [0.4, 0.5) is 5.69 Å². The first kappa shape index (κ1) is 13.3. The van der Waals surface area contributed by atoms with Crippen LogP contribution >= 0.6 is 11.8 Å². The molecule has 2 aliphatic heterocycles. The number of anilines is 1. The second-order valence-corrected chi connectivity index (χ2v) is 5.83. The number of nitrogens with zero attached hydrogens (tertiary/aromatic N) is 1. The SMILES string of the molecule is O=C1NC2=C(C=CCN2c2ccccc2)C1SCCO. The molecule has 1 aromatic rings. The standard InChI is InChI=1S/C15H16N2O2S/c18-9-10-20-13-12-7-4-8-17(14(12)16-15(13)19)11-5-2-1-3-6-11/h1-7,13,18H,8-10H2,(H,16,19). The van der Waals surface area contributed by atoms with Crippen LogP contribution in [-0.2, 0) is 4.79 Å². The molecule has 0 fully saturated rings. The summed E-state index contributed by atoms with van der Waals surface area (Å²) in [6, 6.07) is 10.0. The molecule has 0 radical (unpaired) electrons. The third-order valence-corrected chi connectivity index (χ3v) is 4.55. The second-order valence-electron chi connectivity index (χ2n) is 4.62. The Balaban J connectivity index is 1.90. The van der Waals surface area contributed by atoms with E-state index in [1.807, 2.05) is 36.4 Å². The van der Waals surface area contributed by atoms with Crippen LogP contribution in [0.2, 0.25) is 0 Å². The molecule has 1 unspecified atom stereocenters. The van der Waals surface area contributed by atoms with E-state index in [4.69, 9.17) is 5.11 Å². The van der Waals surface area contributed by atoms with Gasteiger partial charge in [-0.25, -0.2) is 0 Å². The van der Waals surface area contributed by atoms with Crippen molar-refractivity contribution in [3.05, 3.63) is 53.9 Å². The lowest BCUT2D eigenvalue weighted by Gasteiger charge is -2.27. The van der Waals surface area contributed by atoms with E-state index in [0.29, 0.717) is 5.75 Å². The lowest BCUT2D eigenvalue weighted by molar-refractivity contribution is -0.118. The number of allylic oxidation sites excluding steroid dienone is 1. The van der Waals surface area contributed by atoms with E-state index in [2.05, 4.69) is 16.3 Å². The van der Waals surface area contributed by atoms with E-state index < -0.39 is 0 Å². The number of thioether (sulfide) groups is 1. The Morgan fingerprint density at radius 1 is 1.35 bits per heavy atom. The predicted octanol–water partition coefficient (Wildman–Crippen LogP) is 1.50. The largest absolute Gasteiger partial charge is 0.396 e. The van der Waals surface area contributed by atoms with Crippen molar-refractivity contribution in [1.82, 2.24) is 5.32 Å². The monoisotopic (exact) mass is 288 g/mol. The lowest BCUT2D eigenvalue weighted by Crippen LogP contribution is -2.33. The maximum Gasteiger partial charge on any atom is 0.243 e. The zero-order chi connectivity index (χ0) is 13.9. The fraction of sp³-hybridized carbons (Fsp3) is 0.267. The summed E-state index contributed by atoms with van der Waals surface area (Å²) in [4.78, 5) is 14.2. The summed E-state index contributed by atoms with van der Waals surface area (Å²) in [6.07, 6.45) is 4.08. The van der Waals surface area contributed by atoms with Gasteiger partial charge in [0.1, 0.15) is 11.1 Å². The summed E-state index contributed by atoms with van der Waals surface area (Å²) in [5, 5.41) is 11.7. The van der Waals surface area contributed by atoms with Crippen molar-refractivity contribution >= 4 is 23.4 Å². The van der Waals surface area contributed by atoms with Gasteiger partial charge in [-0.15, -0.1) is 11.8 Å². The molecular formula is C15H16N2O2S. The number of hydrogen-bond acceptors (Lipinski definition) is 4. The summed E-state index contributed by atoms with van der Waals surface area (Å²) in [5.74, 6) is 1.44. The molecule has 1 amide bonds. The minimum Gasteiger partial charge on any atom is -0.396 e. The maximum atomic E-state index is 12.1. The molecule has 104 valence electrons. The Labute approximate surface area is 122 Å². The van der Waals surface area contributed by atoms with Gasteiger partial charge < -0.3 is 15.3 Å². The van der Waals surface area contributed by atoms with E-state index in [1.165, 1.54) is 11.8 Å². The molecule has 0 aromatic heterocycles. The van der Waals surface area contributed by atoms with Crippen LogP contribution in [0.15, 0.2) is 53.9 Å². The molecule has 0 saturated carbocycles. The number of aliphatic hydroxyl groups is 1. The van der Waals surface area contributed by atoms with E-state index in [9.17, 15) is 4.79 Å². The maximum absolute atomic E-state index is 12.1. The normalized spacial score (nSPS) is 21.1. The van der Waals surface area contributed by atoms with E-state index in [1.54, 1.807) is 0 Å². The molecule has 2 N–H and O–H groups in total. The zero-order valence-corrected chi connectivity index (χ0v) is 11.8. The number of carbonyl (C=O) groups excluding carboxylic acids is 1. The molecule has 0 bridgehead atoms. The molecule has 0 aliphatic carbocycles. The van der Waals surface area contributed by atoms with Gasteiger partial charge in [0.2, 0.25) is 5.91 Å². The summed E-state index contributed by atoms with van der Waals surface area (Å²) < 4.78 is 0. The smallest absolute Gasteiger partial charge is 0.243 e. The Morgan fingerprint density at radius 3 is 2.90 bits per heavy atom. The highest BCUT2D eigenvalue weighted by molar-refractivity contribution is 8.00. The number of para-hydroxylation sites is 1. The molecule has 5 heteroatoms. The van der Waals surface area contributed by atoms with Gasteiger partial charge in [-0.3, -0.25) is 4.79 Å². The van der Waals surface area contributed by atoms with E-state index in [-0.39, 0.29) is 17.8 Å². The molecule has 1 atom stereocenters. The van der Waals surface area contributed by atoms with Crippen LogP contribution in [0, 0.1) is 0 Å². The third kappa shape index (κ3) is 2.34. The average Bonchev–Trinajstić information content (AvgIpc) is 2.81. The number of amides is 1. The third-order valence-electron chi connectivity index (χ3n) is 3.33. The summed E-state index contributed by atoms with van der Waals surface area (Å²) in [6.45, 7) is 0.837. The zero-order valence-electron chi connectivity index (χ0n) is 11.0. The van der Waals surface area contributed by atoms with Gasteiger partial charge in [0.25, 0.3) is 0 Å². The van der Waals surface area contributed by atoms with Crippen molar-refractivity contribution in [3.63, 3.8) is 0 Å². The molecule has 0 saturated heterocycles. The fourth-order valence-electron chi connectivity index (χ4n) is 2.46. The summed E-state index contributed by atoms with van der Waals surface area (Å²) in [7, 11) is 0. The van der Waals surface area contributed by atoms with Crippen LogP contribution in [0.3, 0.4) is 0 Å². The Bertz CT molecular complexity index is 568. The average molecular weight is 288 g/mol. The molecule has 4 nitrogen and oxygen atoms in total. The molecule has 2 aliphatic rings. The van der Waals surface area contributed by atoms with Crippen molar-refractivity contribution in [2.24, 2.45) is 0 Å². The van der Waals surface area contributed by atoms with Gasteiger partial charge in [0, 0.05) is 23.6 Å². The van der Waals surface area contributed by atoms with Crippen LogP contribution in [0.5, 0.6) is 0 Å². The Kier molecular flexibility index (Phi) is 3.80. The van der Waals surface area contributed by atoms with Crippen molar-refractivity contribution in [2.45, 2.75) is 5.25 Å².